The Morgan fingerprint density at radius 2 is 1.96 bits per heavy atom. The minimum Gasteiger partial charge on any atom is -0.495 e. The predicted molar refractivity (Wildman–Crippen MR) is 111 cm³/mol. The van der Waals surface area contributed by atoms with Crippen molar-refractivity contribution in [1.29, 1.82) is 0 Å². The number of ether oxygens (including phenoxy) is 1. The fourth-order valence-corrected chi connectivity index (χ4v) is 4.15. The fourth-order valence-electron chi connectivity index (χ4n) is 3.04. The van der Waals surface area contributed by atoms with Crippen LogP contribution in [0.5, 0.6) is 5.75 Å². The van der Waals surface area contributed by atoms with Crippen LogP contribution >= 0.6 is 12.4 Å². The number of anilines is 1. The van der Waals surface area contributed by atoms with Crippen molar-refractivity contribution in [1.82, 2.24) is 10.2 Å². The van der Waals surface area contributed by atoms with Crippen LogP contribution in [-0.2, 0) is 10.0 Å². The fraction of sp³-hybridized carbons (Fsp3) is 0.316. The topological polar surface area (TPSA) is 87.7 Å². The molecule has 1 aliphatic heterocycles. The number of piperazine rings is 1. The monoisotopic (exact) mass is 425 g/mol. The third-order valence-electron chi connectivity index (χ3n) is 4.50. The molecule has 1 aliphatic rings. The van der Waals surface area contributed by atoms with Crippen LogP contribution in [0.1, 0.15) is 17.3 Å². The van der Waals surface area contributed by atoms with Gasteiger partial charge in [-0.25, -0.2) is 8.42 Å². The van der Waals surface area contributed by atoms with Crippen LogP contribution in [-0.4, -0.2) is 52.0 Å². The summed E-state index contributed by atoms with van der Waals surface area (Å²) in [7, 11) is -2.39. The summed E-state index contributed by atoms with van der Waals surface area (Å²) in [5.41, 5.74) is 0.694. The van der Waals surface area contributed by atoms with Crippen molar-refractivity contribution < 1.29 is 17.9 Å². The van der Waals surface area contributed by atoms with Gasteiger partial charge in [-0.2, -0.15) is 0 Å². The second kappa shape index (κ2) is 9.27. The lowest BCUT2D eigenvalue weighted by Gasteiger charge is -2.34. The zero-order valence-corrected chi connectivity index (χ0v) is 17.3. The maximum Gasteiger partial charge on any atom is 0.262 e. The van der Waals surface area contributed by atoms with Crippen molar-refractivity contribution in [3.05, 3.63) is 54.1 Å². The number of hydrogen-bond donors (Lipinski definition) is 2. The molecule has 0 bridgehead atoms. The zero-order valence-electron chi connectivity index (χ0n) is 15.7. The number of para-hydroxylation sites is 2. The first-order valence-electron chi connectivity index (χ1n) is 8.70. The van der Waals surface area contributed by atoms with Gasteiger partial charge in [0.25, 0.3) is 15.9 Å². The van der Waals surface area contributed by atoms with Gasteiger partial charge in [-0.1, -0.05) is 18.2 Å². The third-order valence-corrected chi connectivity index (χ3v) is 5.87. The smallest absolute Gasteiger partial charge is 0.262 e. The van der Waals surface area contributed by atoms with Crippen molar-refractivity contribution in [2.24, 2.45) is 0 Å². The number of carbonyl (C=O) groups excluding carboxylic acids is 1. The van der Waals surface area contributed by atoms with Crippen LogP contribution in [0.3, 0.4) is 0 Å². The summed E-state index contributed by atoms with van der Waals surface area (Å²) in [6, 6.07) is 12.9. The number of benzene rings is 2. The number of halogens is 1. The number of amides is 1. The van der Waals surface area contributed by atoms with Gasteiger partial charge >= 0.3 is 0 Å². The number of hydrogen-bond acceptors (Lipinski definition) is 5. The first kappa shape index (κ1) is 22.0. The summed E-state index contributed by atoms with van der Waals surface area (Å²) in [4.78, 5) is 14.6. The second-order valence-electron chi connectivity index (χ2n) is 6.39. The molecular formula is C19H24ClN3O4S. The van der Waals surface area contributed by atoms with E-state index in [2.05, 4.69) is 10.0 Å². The van der Waals surface area contributed by atoms with E-state index in [1.807, 2.05) is 6.92 Å². The van der Waals surface area contributed by atoms with Gasteiger partial charge in [-0.05, 0) is 37.3 Å². The largest absolute Gasteiger partial charge is 0.495 e. The van der Waals surface area contributed by atoms with E-state index in [4.69, 9.17) is 4.74 Å². The molecule has 0 radical (unpaired) electrons. The Balaban J connectivity index is 0.00000280. The molecule has 2 aromatic carbocycles. The van der Waals surface area contributed by atoms with Gasteiger partial charge in [0.05, 0.1) is 17.7 Å². The minimum absolute atomic E-state index is 0. The molecule has 0 spiro atoms. The lowest BCUT2D eigenvalue weighted by molar-refractivity contribution is 0.0655. The Hall–Kier alpha value is -2.29. The summed E-state index contributed by atoms with van der Waals surface area (Å²) in [5.74, 6) is 0.251. The third kappa shape index (κ3) is 4.76. The number of carbonyl (C=O) groups is 1. The predicted octanol–water partition coefficient (Wildman–Crippen LogP) is 2.35. The van der Waals surface area contributed by atoms with E-state index in [0.29, 0.717) is 23.5 Å². The second-order valence-corrected chi connectivity index (χ2v) is 8.07. The van der Waals surface area contributed by atoms with Crippen molar-refractivity contribution >= 4 is 34.0 Å². The summed E-state index contributed by atoms with van der Waals surface area (Å²) >= 11 is 0. The van der Waals surface area contributed by atoms with Gasteiger partial charge in [0.15, 0.2) is 0 Å². The zero-order chi connectivity index (χ0) is 19.4. The van der Waals surface area contributed by atoms with Gasteiger partial charge in [0, 0.05) is 31.2 Å². The van der Waals surface area contributed by atoms with Crippen molar-refractivity contribution in [3.8, 4) is 5.75 Å². The molecule has 1 fully saturated rings. The number of sulfonamides is 1. The normalized spacial score (nSPS) is 16.8. The van der Waals surface area contributed by atoms with Crippen LogP contribution in [0.4, 0.5) is 5.69 Å². The minimum atomic E-state index is -3.86. The molecule has 1 heterocycles. The van der Waals surface area contributed by atoms with Gasteiger partial charge in [-0.15, -0.1) is 12.4 Å². The number of rotatable bonds is 5. The van der Waals surface area contributed by atoms with Crippen LogP contribution < -0.4 is 14.8 Å². The van der Waals surface area contributed by atoms with Gasteiger partial charge in [0.1, 0.15) is 5.75 Å². The Kier molecular flexibility index (Phi) is 7.29. The lowest BCUT2D eigenvalue weighted by Crippen LogP contribution is -2.52. The lowest BCUT2D eigenvalue weighted by atomic mass is 10.1. The summed E-state index contributed by atoms with van der Waals surface area (Å²) in [5, 5.41) is 3.23. The highest BCUT2D eigenvalue weighted by atomic mass is 35.5. The highest BCUT2D eigenvalue weighted by molar-refractivity contribution is 7.92. The molecule has 0 unspecified atom stereocenters. The Bertz CT molecular complexity index is 936. The van der Waals surface area contributed by atoms with Crippen LogP contribution in [0.25, 0.3) is 0 Å². The van der Waals surface area contributed by atoms with E-state index in [1.54, 1.807) is 41.3 Å². The van der Waals surface area contributed by atoms with Crippen LogP contribution in [0.2, 0.25) is 0 Å². The maximum absolute atomic E-state index is 12.8. The van der Waals surface area contributed by atoms with Gasteiger partial charge in [0.2, 0.25) is 0 Å². The highest BCUT2D eigenvalue weighted by Gasteiger charge is 2.25. The summed E-state index contributed by atoms with van der Waals surface area (Å²) < 4.78 is 33.3. The molecule has 2 N–H and O–H groups in total. The molecule has 0 saturated carbocycles. The Labute approximate surface area is 171 Å². The van der Waals surface area contributed by atoms with Crippen molar-refractivity contribution in [2.45, 2.75) is 17.9 Å². The van der Waals surface area contributed by atoms with Crippen molar-refractivity contribution in [3.63, 3.8) is 0 Å². The van der Waals surface area contributed by atoms with E-state index >= 15 is 0 Å². The Morgan fingerprint density at radius 3 is 2.68 bits per heavy atom. The van der Waals surface area contributed by atoms with Crippen LogP contribution in [0, 0.1) is 0 Å². The molecule has 1 amide bonds. The average Bonchev–Trinajstić information content (AvgIpc) is 2.68. The van der Waals surface area contributed by atoms with E-state index in [9.17, 15) is 13.2 Å². The van der Waals surface area contributed by atoms with Gasteiger partial charge in [-0.3, -0.25) is 9.52 Å². The first-order chi connectivity index (χ1) is 12.9. The maximum atomic E-state index is 12.8. The van der Waals surface area contributed by atoms with Crippen molar-refractivity contribution in [2.75, 3.05) is 31.5 Å². The van der Waals surface area contributed by atoms with E-state index in [1.165, 1.54) is 19.2 Å². The highest BCUT2D eigenvalue weighted by Crippen LogP contribution is 2.26. The molecular weight excluding hydrogens is 402 g/mol. The van der Waals surface area contributed by atoms with Gasteiger partial charge < -0.3 is 15.0 Å². The standard InChI is InChI=1S/C19H23N3O4S.ClH/c1-14-13-20-10-11-22(14)19(23)15-6-5-7-16(12-15)27(24,25)21-17-8-3-4-9-18(17)26-2;/h3-9,12,14,20-21H,10-11,13H2,1-2H3;1H/t14-;/m1./s1. The molecule has 3 rings (SSSR count). The number of nitrogens with one attached hydrogen (secondary N) is 2. The number of nitrogens with zero attached hydrogens (tertiary/aromatic N) is 1. The van der Waals surface area contributed by atoms with E-state index < -0.39 is 10.0 Å². The molecule has 1 saturated heterocycles. The molecule has 0 aromatic heterocycles. The first-order valence-corrected chi connectivity index (χ1v) is 10.2. The van der Waals surface area contributed by atoms with E-state index in [0.717, 1.165) is 13.1 Å². The quantitative estimate of drug-likeness (QED) is 0.767. The summed E-state index contributed by atoms with van der Waals surface area (Å²) in [6.45, 7) is 4.01. The molecule has 9 heteroatoms. The molecule has 2 aromatic rings. The SMILES string of the molecule is COc1ccccc1NS(=O)(=O)c1cccc(C(=O)N2CCNC[C@H]2C)c1.Cl. The molecule has 152 valence electrons. The molecule has 28 heavy (non-hydrogen) atoms. The molecule has 1 atom stereocenters. The molecule has 0 aliphatic carbocycles. The average molecular weight is 426 g/mol. The summed E-state index contributed by atoms with van der Waals surface area (Å²) in [6.07, 6.45) is 0. The number of methoxy groups -OCH3 is 1. The molecule has 7 nitrogen and oxygen atoms in total. The Morgan fingerprint density at radius 1 is 1.21 bits per heavy atom. The van der Waals surface area contributed by atoms with E-state index in [-0.39, 0.29) is 29.3 Å². The van der Waals surface area contributed by atoms with Crippen LogP contribution in [0.15, 0.2) is 53.4 Å².